The van der Waals surface area contributed by atoms with Crippen molar-refractivity contribution in [3.8, 4) is 0 Å². The first-order valence-corrected chi connectivity index (χ1v) is 13.8. The van der Waals surface area contributed by atoms with Crippen LogP contribution in [0.15, 0.2) is 78.9 Å². The van der Waals surface area contributed by atoms with Crippen molar-refractivity contribution in [2.45, 2.75) is 38.8 Å². The minimum atomic E-state index is -0.278. The molecule has 0 bridgehead atoms. The summed E-state index contributed by atoms with van der Waals surface area (Å²) >= 11 is 0. The average Bonchev–Trinajstić information content (AvgIpc) is 3.22. The molecule has 6 heteroatoms. The summed E-state index contributed by atoms with van der Waals surface area (Å²) in [5, 5.41) is 3.54. The van der Waals surface area contributed by atoms with Crippen LogP contribution in [-0.4, -0.2) is 54.5 Å². The number of anilines is 1. The Hall–Kier alpha value is -3.64. The number of carbonyl (C=O) groups is 2. The Bertz CT molecular complexity index is 1240. The highest BCUT2D eigenvalue weighted by Crippen LogP contribution is 2.34. The van der Waals surface area contributed by atoms with Crippen molar-refractivity contribution in [2.24, 2.45) is 5.92 Å². The lowest BCUT2D eigenvalue weighted by Gasteiger charge is -2.32. The van der Waals surface area contributed by atoms with E-state index in [4.69, 9.17) is 4.74 Å². The van der Waals surface area contributed by atoms with Gasteiger partial charge in [0.05, 0.1) is 0 Å². The van der Waals surface area contributed by atoms with Gasteiger partial charge in [0.2, 0.25) is 0 Å². The van der Waals surface area contributed by atoms with E-state index >= 15 is 0 Å². The first kappa shape index (κ1) is 26.0. The van der Waals surface area contributed by atoms with E-state index in [-0.39, 0.29) is 18.0 Å². The average molecular weight is 512 g/mol. The summed E-state index contributed by atoms with van der Waals surface area (Å²) < 4.78 is 5.49. The Labute approximate surface area is 225 Å². The van der Waals surface area contributed by atoms with E-state index in [1.807, 2.05) is 65.3 Å². The molecule has 5 rings (SSSR count). The molecule has 0 radical (unpaired) electrons. The monoisotopic (exact) mass is 511 g/mol. The number of carbonyl (C=O) groups excluding carboxylic acids is 2. The van der Waals surface area contributed by atoms with Crippen LogP contribution in [0.25, 0.3) is 0 Å². The second-order valence-electron chi connectivity index (χ2n) is 10.2. The highest BCUT2D eigenvalue weighted by molar-refractivity contribution is 5.99. The fraction of sp³-hybridized carbons (Fsp3) is 0.375. The van der Waals surface area contributed by atoms with E-state index < -0.39 is 0 Å². The standard InChI is InChI=1S/C32H37N3O3/c1-2-38-21-9-18-35-30(28-14-6-7-15-29(28)32(35)37)33-27-13-8-12-26(23-27)31(36)34-19-16-25(17-20-34)22-24-10-4-3-5-11-24/h3-8,10-15,23,25,30,33H,2,9,16-22H2,1H3. The number of likely N-dealkylation sites (tertiary alicyclic amines) is 1. The summed E-state index contributed by atoms with van der Waals surface area (Å²) in [6.45, 7) is 5.43. The number of hydrogen-bond donors (Lipinski definition) is 1. The molecule has 1 atom stereocenters. The normalized spacial score (nSPS) is 17.5. The predicted molar refractivity (Wildman–Crippen MR) is 150 cm³/mol. The minimum Gasteiger partial charge on any atom is -0.382 e. The van der Waals surface area contributed by atoms with Crippen LogP contribution in [-0.2, 0) is 11.2 Å². The van der Waals surface area contributed by atoms with Crippen LogP contribution in [0.4, 0.5) is 5.69 Å². The third kappa shape index (κ3) is 5.91. The van der Waals surface area contributed by atoms with Gasteiger partial charge in [0.25, 0.3) is 11.8 Å². The maximum Gasteiger partial charge on any atom is 0.256 e. The molecule has 2 aliphatic rings. The predicted octanol–water partition coefficient (Wildman–Crippen LogP) is 5.77. The van der Waals surface area contributed by atoms with Crippen molar-refractivity contribution in [2.75, 3.05) is 38.2 Å². The van der Waals surface area contributed by atoms with Crippen LogP contribution >= 0.6 is 0 Å². The number of benzene rings is 3. The number of fused-ring (bicyclic) bond motifs is 1. The molecule has 2 amide bonds. The number of nitrogens with zero attached hydrogens (tertiary/aromatic N) is 2. The smallest absolute Gasteiger partial charge is 0.256 e. The van der Waals surface area contributed by atoms with E-state index in [9.17, 15) is 9.59 Å². The van der Waals surface area contributed by atoms with E-state index in [2.05, 4.69) is 35.6 Å². The zero-order chi connectivity index (χ0) is 26.3. The quantitative estimate of drug-likeness (QED) is 0.351. The molecule has 6 nitrogen and oxygen atoms in total. The van der Waals surface area contributed by atoms with E-state index in [1.54, 1.807) is 0 Å². The van der Waals surface area contributed by atoms with Gasteiger partial charge >= 0.3 is 0 Å². The molecule has 1 N–H and O–H groups in total. The van der Waals surface area contributed by atoms with Gasteiger partial charge in [-0.05, 0) is 68.4 Å². The Balaban J connectivity index is 1.24. The number of rotatable bonds is 10. The van der Waals surface area contributed by atoms with Crippen molar-refractivity contribution >= 4 is 17.5 Å². The summed E-state index contributed by atoms with van der Waals surface area (Å²) in [4.78, 5) is 30.4. The number of nitrogens with one attached hydrogen (secondary N) is 1. The zero-order valence-corrected chi connectivity index (χ0v) is 22.1. The molecule has 2 heterocycles. The molecule has 1 saturated heterocycles. The topological polar surface area (TPSA) is 61.9 Å². The van der Waals surface area contributed by atoms with Gasteiger partial charge < -0.3 is 19.9 Å². The number of hydrogen-bond acceptors (Lipinski definition) is 4. The SMILES string of the molecule is CCOCCCN1C(=O)c2ccccc2C1Nc1cccc(C(=O)N2CCC(Cc3ccccc3)CC2)c1. The van der Waals surface area contributed by atoms with Gasteiger partial charge in [-0.2, -0.15) is 0 Å². The number of ether oxygens (including phenoxy) is 1. The molecule has 1 fully saturated rings. The maximum atomic E-state index is 13.4. The molecular formula is C32H37N3O3. The summed E-state index contributed by atoms with van der Waals surface area (Å²) in [7, 11) is 0. The highest BCUT2D eigenvalue weighted by Gasteiger charge is 2.36. The summed E-state index contributed by atoms with van der Waals surface area (Å²) in [6, 6.07) is 26.1. The van der Waals surface area contributed by atoms with Gasteiger partial charge in [0, 0.05) is 55.2 Å². The number of piperidine rings is 1. The summed E-state index contributed by atoms with van der Waals surface area (Å²) in [6.07, 6.45) is 3.61. The molecule has 0 aliphatic carbocycles. The molecular weight excluding hydrogens is 474 g/mol. The van der Waals surface area contributed by atoms with Crippen LogP contribution in [0.2, 0.25) is 0 Å². The highest BCUT2D eigenvalue weighted by atomic mass is 16.5. The second-order valence-corrected chi connectivity index (χ2v) is 10.2. The van der Waals surface area contributed by atoms with Crippen molar-refractivity contribution in [1.29, 1.82) is 0 Å². The van der Waals surface area contributed by atoms with Crippen LogP contribution < -0.4 is 5.32 Å². The van der Waals surface area contributed by atoms with Gasteiger partial charge in [0.1, 0.15) is 6.17 Å². The van der Waals surface area contributed by atoms with Crippen LogP contribution in [0.3, 0.4) is 0 Å². The molecule has 0 saturated carbocycles. The molecule has 2 aliphatic heterocycles. The first-order valence-electron chi connectivity index (χ1n) is 13.8. The molecule has 38 heavy (non-hydrogen) atoms. The van der Waals surface area contributed by atoms with Crippen LogP contribution in [0.5, 0.6) is 0 Å². The van der Waals surface area contributed by atoms with Gasteiger partial charge in [0.15, 0.2) is 0 Å². The fourth-order valence-corrected chi connectivity index (χ4v) is 5.61. The Morgan fingerprint density at radius 3 is 2.53 bits per heavy atom. The van der Waals surface area contributed by atoms with Gasteiger partial charge in [-0.1, -0.05) is 54.6 Å². The number of amides is 2. The van der Waals surface area contributed by atoms with Gasteiger partial charge in [-0.15, -0.1) is 0 Å². The Kier molecular flexibility index (Phi) is 8.39. The van der Waals surface area contributed by atoms with E-state index in [0.717, 1.165) is 55.6 Å². The molecule has 3 aromatic rings. The maximum absolute atomic E-state index is 13.4. The first-order chi connectivity index (χ1) is 18.6. The second kappa shape index (κ2) is 12.3. The summed E-state index contributed by atoms with van der Waals surface area (Å²) in [5.74, 6) is 0.714. The van der Waals surface area contributed by atoms with Crippen molar-refractivity contribution in [3.05, 3.63) is 101 Å². The zero-order valence-electron chi connectivity index (χ0n) is 22.1. The van der Waals surface area contributed by atoms with Crippen LogP contribution in [0, 0.1) is 5.92 Å². The Morgan fingerprint density at radius 2 is 1.74 bits per heavy atom. The fourth-order valence-electron chi connectivity index (χ4n) is 5.61. The molecule has 3 aromatic carbocycles. The van der Waals surface area contributed by atoms with E-state index in [0.29, 0.717) is 31.2 Å². The lowest BCUT2D eigenvalue weighted by Crippen LogP contribution is -2.39. The minimum absolute atomic E-state index is 0.0280. The molecule has 198 valence electrons. The Morgan fingerprint density at radius 1 is 0.974 bits per heavy atom. The lowest BCUT2D eigenvalue weighted by atomic mass is 9.90. The summed E-state index contributed by atoms with van der Waals surface area (Å²) in [5.41, 5.74) is 4.57. The van der Waals surface area contributed by atoms with Gasteiger partial charge in [-0.25, -0.2) is 0 Å². The molecule has 1 unspecified atom stereocenters. The molecule has 0 aromatic heterocycles. The van der Waals surface area contributed by atoms with Gasteiger partial charge in [-0.3, -0.25) is 9.59 Å². The van der Waals surface area contributed by atoms with Crippen LogP contribution in [0.1, 0.15) is 64.2 Å². The van der Waals surface area contributed by atoms with Crippen molar-refractivity contribution < 1.29 is 14.3 Å². The third-order valence-electron chi connectivity index (χ3n) is 7.63. The largest absolute Gasteiger partial charge is 0.382 e. The van der Waals surface area contributed by atoms with Crippen molar-refractivity contribution in [3.63, 3.8) is 0 Å². The van der Waals surface area contributed by atoms with E-state index in [1.165, 1.54) is 5.56 Å². The van der Waals surface area contributed by atoms with Crippen molar-refractivity contribution in [1.82, 2.24) is 9.80 Å². The molecule has 0 spiro atoms. The third-order valence-corrected chi connectivity index (χ3v) is 7.63. The lowest BCUT2D eigenvalue weighted by molar-refractivity contribution is 0.0686.